The molecular formula is C15H20N4O. The third-order valence-corrected chi connectivity index (χ3v) is 4.10. The van der Waals surface area contributed by atoms with E-state index in [2.05, 4.69) is 15.1 Å². The van der Waals surface area contributed by atoms with Crippen LogP contribution in [-0.4, -0.2) is 15.1 Å². The van der Waals surface area contributed by atoms with Gasteiger partial charge in [0.2, 0.25) is 0 Å². The van der Waals surface area contributed by atoms with E-state index >= 15 is 0 Å². The molecule has 0 atom stereocenters. The zero-order chi connectivity index (χ0) is 14.0. The number of aryl methyl sites for hydroxylation is 1. The topological polar surface area (TPSA) is 77.8 Å². The minimum Gasteiger partial charge on any atom is -0.334 e. The number of nitrogens with zero attached hydrogens (tertiary/aromatic N) is 3. The molecule has 0 aromatic carbocycles. The Bertz CT molecular complexity index is 585. The molecule has 5 heteroatoms. The van der Waals surface area contributed by atoms with Crippen LogP contribution in [0.5, 0.6) is 0 Å². The van der Waals surface area contributed by atoms with Crippen molar-refractivity contribution in [3.63, 3.8) is 0 Å². The molecule has 0 aliphatic heterocycles. The summed E-state index contributed by atoms with van der Waals surface area (Å²) in [6.45, 7) is 1.93. The van der Waals surface area contributed by atoms with Gasteiger partial charge in [0.15, 0.2) is 5.82 Å². The average Bonchev–Trinajstić information content (AvgIpc) is 2.84. The van der Waals surface area contributed by atoms with E-state index in [-0.39, 0.29) is 0 Å². The fourth-order valence-corrected chi connectivity index (χ4v) is 2.83. The van der Waals surface area contributed by atoms with Gasteiger partial charge in [-0.2, -0.15) is 4.98 Å². The molecule has 0 unspecified atom stereocenters. The van der Waals surface area contributed by atoms with Gasteiger partial charge in [-0.05, 0) is 31.9 Å². The van der Waals surface area contributed by atoms with Gasteiger partial charge in [-0.15, -0.1) is 0 Å². The molecule has 2 aromatic heterocycles. The molecule has 1 aliphatic rings. The van der Waals surface area contributed by atoms with Crippen LogP contribution in [0.4, 0.5) is 0 Å². The van der Waals surface area contributed by atoms with Crippen LogP contribution in [0, 0.1) is 6.92 Å². The van der Waals surface area contributed by atoms with Gasteiger partial charge in [-0.1, -0.05) is 30.8 Å². The lowest BCUT2D eigenvalue weighted by atomic mass is 9.91. The Morgan fingerprint density at radius 3 is 2.65 bits per heavy atom. The predicted molar refractivity (Wildman–Crippen MR) is 75.8 cm³/mol. The fourth-order valence-electron chi connectivity index (χ4n) is 2.83. The first-order chi connectivity index (χ1) is 9.69. The van der Waals surface area contributed by atoms with E-state index in [0.29, 0.717) is 11.7 Å². The van der Waals surface area contributed by atoms with Crippen LogP contribution < -0.4 is 5.73 Å². The lowest BCUT2D eigenvalue weighted by Crippen LogP contribution is -2.37. The Morgan fingerprint density at radius 2 is 1.95 bits per heavy atom. The number of rotatable bonds is 2. The van der Waals surface area contributed by atoms with E-state index in [1.54, 1.807) is 6.20 Å². The second kappa shape index (κ2) is 5.32. The molecule has 106 valence electrons. The van der Waals surface area contributed by atoms with Crippen molar-refractivity contribution in [3.8, 4) is 11.5 Å². The zero-order valence-electron chi connectivity index (χ0n) is 11.8. The van der Waals surface area contributed by atoms with Crippen LogP contribution in [0.25, 0.3) is 11.5 Å². The summed E-state index contributed by atoms with van der Waals surface area (Å²) in [5.41, 5.74) is 7.84. The first-order valence-corrected chi connectivity index (χ1v) is 7.24. The summed E-state index contributed by atoms with van der Waals surface area (Å²) in [5.74, 6) is 1.15. The monoisotopic (exact) mass is 272 g/mol. The first kappa shape index (κ1) is 13.2. The summed E-state index contributed by atoms with van der Waals surface area (Å²) >= 11 is 0. The van der Waals surface area contributed by atoms with Crippen LogP contribution >= 0.6 is 0 Å². The molecule has 3 rings (SSSR count). The molecule has 0 spiro atoms. The number of aromatic nitrogens is 3. The molecule has 20 heavy (non-hydrogen) atoms. The van der Waals surface area contributed by atoms with E-state index in [1.807, 2.05) is 19.1 Å². The number of hydrogen-bond donors (Lipinski definition) is 1. The van der Waals surface area contributed by atoms with Crippen molar-refractivity contribution in [3.05, 3.63) is 29.8 Å². The van der Waals surface area contributed by atoms with Gasteiger partial charge in [0, 0.05) is 11.9 Å². The molecule has 0 amide bonds. The quantitative estimate of drug-likeness (QED) is 0.850. The van der Waals surface area contributed by atoms with Crippen LogP contribution in [0.15, 0.2) is 22.9 Å². The summed E-state index contributed by atoms with van der Waals surface area (Å²) in [6, 6.07) is 3.81. The van der Waals surface area contributed by atoms with E-state index in [0.717, 1.165) is 36.9 Å². The number of nitrogens with two attached hydrogens (primary N) is 1. The summed E-state index contributed by atoms with van der Waals surface area (Å²) in [6.07, 6.45) is 8.36. The predicted octanol–water partition coefficient (Wildman–Crippen LogP) is 2.95. The van der Waals surface area contributed by atoms with Crippen molar-refractivity contribution in [2.24, 2.45) is 5.73 Å². The third-order valence-electron chi connectivity index (χ3n) is 4.10. The highest BCUT2D eigenvalue weighted by atomic mass is 16.5. The summed E-state index contributed by atoms with van der Waals surface area (Å²) < 4.78 is 5.41. The molecule has 1 aliphatic carbocycles. The third kappa shape index (κ3) is 2.45. The Labute approximate surface area is 118 Å². The van der Waals surface area contributed by atoms with Gasteiger partial charge in [0.1, 0.15) is 0 Å². The van der Waals surface area contributed by atoms with Gasteiger partial charge in [0.25, 0.3) is 5.89 Å². The van der Waals surface area contributed by atoms with Crippen molar-refractivity contribution in [2.75, 3.05) is 0 Å². The molecular weight excluding hydrogens is 252 g/mol. The van der Waals surface area contributed by atoms with Gasteiger partial charge in [0.05, 0.1) is 11.1 Å². The Balaban J connectivity index is 1.92. The molecule has 1 saturated carbocycles. The van der Waals surface area contributed by atoms with Crippen molar-refractivity contribution in [1.82, 2.24) is 15.1 Å². The molecule has 0 radical (unpaired) electrons. The van der Waals surface area contributed by atoms with E-state index in [1.165, 1.54) is 12.8 Å². The minimum atomic E-state index is -0.436. The highest BCUT2D eigenvalue weighted by molar-refractivity contribution is 5.55. The SMILES string of the molecule is Cc1ncccc1-c1nc(C2(N)CCCCCC2)no1. The molecule has 1 fully saturated rings. The van der Waals surface area contributed by atoms with Crippen molar-refractivity contribution >= 4 is 0 Å². The van der Waals surface area contributed by atoms with E-state index < -0.39 is 5.54 Å². The summed E-state index contributed by atoms with van der Waals surface area (Å²) in [4.78, 5) is 8.79. The second-order valence-corrected chi connectivity index (χ2v) is 5.63. The number of hydrogen-bond acceptors (Lipinski definition) is 5. The first-order valence-electron chi connectivity index (χ1n) is 7.24. The molecule has 0 bridgehead atoms. The van der Waals surface area contributed by atoms with Crippen LogP contribution in [0.1, 0.15) is 50.0 Å². The Kier molecular flexibility index (Phi) is 3.53. The normalized spacial score (nSPS) is 18.7. The minimum absolute atomic E-state index is 0.436. The molecule has 5 nitrogen and oxygen atoms in total. The van der Waals surface area contributed by atoms with Gasteiger partial charge in [-0.25, -0.2) is 0 Å². The van der Waals surface area contributed by atoms with E-state index in [4.69, 9.17) is 10.3 Å². The summed E-state index contributed by atoms with van der Waals surface area (Å²) in [7, 11) is 0. The van der Waals surface area contributed by atoms with Crippen LogP contribution in [0.3, 0.4) is 0 Å². The maximum Gasteiger partial charge on any atom is 0.259 e. The summed E-state index contributed by atoms with van der Waals surface area (Å²) in [5, 5.41) is 4.13. The Morgan fingerprint density at radius 1 is 1.20 bits per heavy atom. The molecule has 2 heterocycles. The lowest BCUT2D eigenvalue weighted by Gasteiger charge is -2.23. The molecule has 2 N–H and O–H groups in total. The number of pyridine rings is 1. The standard InChI is InChI=1S/C15H20N4O/c1-11-12(7-6-10-17-11)13-18-14(19-20-13)15(16)8-4-2-3-5-9-15/h6-7,10H,2-5,8-9,16H2,1H3. The van der Waals surface area contributed by atoms with Gasteiger partial charge < -0.3 is 10.3 Å². The van der Waals surface area contributed by atoms with Gasteiger partial charge in [-0.3, -0.25) is 4.98 Å². The van der Waals surface area contributed by atoms with Crippen molar-refractivity contribution in [1.29, 1.82) is 0 Å². The lowest BCUT2D eigenvalue weighted by molar-refractivity contribution is 0.334. The Hall–Kier alpha value is -1.75. The maximum absolute atomic E-state index is 6.51. The molecule has 2 aromatic rings. The zero-order valence-corrected chi connectivity index (χ0v) is 11.8. The van der Waals surface area contributed by atoms with Crippen LogP contribution in [0.2, 0.25) is 0 Å². The highest BCUT2D eigenvalue weighted by Gasteiger charge is 2.33. The second-order valence-electron chi connectivity index (χ2n) is 5.63. The van der Waals surface area contributed by atoms with Gasteiger partial charge >= 0.3 is 0 Å². The average molecular weight is 272 g/mol. The largest absolute Gasteiger partial charge is 0.334 e. The van der Waals surface area contributed by atoms with E-state index in [9.17, 15) is 0 Å². The van der Waals surface area contributed by atoms with Crippen molar-refractivity contribution < 1.29 is 4.52 Å². The smallest absolute Gasteiger partial charge is 0.259 e. The maximum atomic E-state index is 6.51. The molecule has 0 saturated heterocycles. The fraction of sp³-hybridized carbons (Fsp3) is 0.533. The highest BCUT2D eigenvalue weighted by Crippen LogP contribution is 2.33. The van der Waals surface area contributed by atoms with Crippen molar-refractivity contribution in [2.45, 2.75) is 51.0 Å². The van der Waals surface area contributed by atoms with Crippen LogP contribution in [-0.2, 0) is 5.54 Å².